The maximum absolute atomic E-state index is 11.5. The van der Waals surface area contributed by atoms with Crippen LogP contribution in [0.3, 0.4) is 0 Å². The fraction of sp³-hybridized carbons (Fsp3) is 0.111. The van der Waals surface area contributed by atoms with E-state index in [1.165, 1.54) is 10.5 Å². The van der Waals surface area contributed by atoms with Crippen molar-refractivity contribution in [3.8, 4) is 0 Å². The fourth-order valence-corrected chi connectivity index (χ4v) is 2.12. The molecule has 0 saturated heterocycles. The maximum Gasteiger partial charge on any atom is 0.261 e. The minimum Gasteiger partial charge on any atom is -0.275 e. The first-order chi connectivity index (χ1) is 10.2. The Hall–Kier alpha value is -2.68. The van der Waals surface area contributed by atoms with Crippen LogP contribution in [0, 0.1) is 0 Å². The minimum atomic E-state index is -0.178. The van der Waals surface area contributed by atoms with E-state index in [-0.39, 0.29) is 11.8 Å². The minimum absolute atomic E-state index is 0.178. The third kappa shape index (κ3) is 3.08. The SMILES string of the molecule is C=Cc1ccccc1.CCN1C(=O)c2ccccc2C1=O. The molecule has 3 heteroatoms. The molecule has 0 radical (unpaired) electrons. The van der Waals surface area contributed by atoms with Crippen LogP contribution in [0.4, 0.5) is 0 Å². The van der Waals surface area contributed by atoms with Crippen LogP contribution in [-0.2, 0) is 0 Å². The summed E-state index contributed by atoms with van der Waals surface area (Å²) in [4.78, 5) is 24.3. The number of fused-ring (bicyclic) bond motifs is 1. The number of amides is 2. The Morgan fingerprint density at radius 1 is 0.905 bits per heavy atom. The van der Waals surface area contributed by atoms with Crippen molar-refractivity contribution in [3.63, 3.8) is 0 Å². The van der Waals surface area contributed by atoms with Crippen molar-refractivity contribution in [1.82, 2.24) is 4.90 Å². The van der Waals surface area contributed by atoms with E-state index < -0.39 is 0 Å². The van der Waals surface area contributed by atoms with E-state index in [1.54, 1.807) is 31.2 Å². The van der Waals surface area contributed by atoms with Crippen molar-refractivity contribution in [2.75, 3.05) is 6.54 Å². The van der Waals surface area contributed by atoms with Gasteiger partial charge in [0.2, 0.25) is 0 Å². The molecule has 3 rings (SSSR count). The summed E-state index contributed by atoms with van der Waals surface area (Å²) in [5, 5.41) is 0. The molecule has 0 atom stereocenters. The van der Waals surface area contributed by atoms with E-state index in [1.807, 2.05) is 36.4 Å². The zero-order chi connectivity index (χ0) is 15.2. The predicted molar refractivity (Wildman–Crippen MR) is 84.0 cm³/mol. The quantitative estimate of drug-likeness (QED) is 0.787. The molecule has 106 valence electrons. The molecule has 2 aromatic rings. The van der Waals surface area contributed by atoms with E-state index in [4.69, 9.17) is 0 Å². The zero-order valence-electron chi connectivity index (χ0n) is 12.0. The van der Waals surface area contributed by atoms with E-state index in [2.05, 4.69) is 6.58 Å². The van der Waals surface area contributed by atoms with Gasteiger partial charge in [-0.3, -0.25) is 14.5 Å². The van der Waals surface area contributed by atoms with Crippen molar-refractivity contribution in [1.29, 1.82) is 0 Å². The summed E-state index contributed by atoms with van der Waals surface area (Å²) in [6, 6.07) is 16.9. The lowest BCUT2D eigenvalue weighted by molar-refractivity contribution is 0.0663. The van der Waals surface area contributed by atoms with Gasteiger partial charge in [-0.05, 0) is 24.6 Å². The molecule has 0 unspecified atom stereocenters. The highest BCUT2D eigenvalue weighted by atomic mass is 16.2. The van der Waals surface area contributed by atoms with Crippen LogP contribution in [0.2, 0.25) is 0 Å². The molecule has 2 amide bonds. The Morgan fingerprint density at radius 2 is 1.38 bits per heavy atom. The topological polar surface area (TPSA) is 37.4 Å². The normalized spacial score (nSPS) is 12.5. The third-order valence-corrected chi connectivity index (χ3v) is 3.23. The molecule has 3 nitrogen and oxygen atoms in total. The average molecular weight is 279 g/mol. The van der Waals surface area contributed by atoms with Gasteiger partial charge in [0.25, 0.3) is 11.8 Å². The first kappa shape index (κ1) is 14.7. The van der Waals surface area contributed by atoms with Gasteiger partial charge in [-0.25, -0.2) is 0 Å². The lowest BCUT2D eigenvalue weighted by Gasteiger charge is -2.08. The Balaban J connectivity index is 0.000000173. The van der Waals surface area contributed by atoms with Gasteiger partial charge >= 0.3 is 0 Å². The van der Waals surface area contributed by atoms with Gasteiger partial charge in [0.15, 0.2) is 0 Å². The third-order valence-electron chi connectivity index (χ3n) is 3.23. The second-order valence-electron chi connectivity index (χ2n) is 4.51. The Morgan fingerprint density at radius 3 is 1.76 bits per heavy atom. The lowest BCUT2D eigenvalue weighted by atomic mass is 10.1. The highest BCUT2D eigenvalue weighted by Crippen LogP contribution is 2.21. The molecule has 0 aliphatic carbocycles. The van der Waals surface area contributed by atoms with Crippen molar-refractivity contribution in [3.05, 3.63) is 77.9 Å². The summed E-state index contributed by atoms with van der Waals surface area (Å²) in [7, 11) is 0. The number of hydrogen-bond acceptors (Lipinski definition) is 2. The molecule has 2 aromatic carbocycles. The number of benzene rings is 2. The van der Waals surface area contributed by atoms with Crippen molar-refractivity contribution < 1.29 is 9.59 Å². The van der Waals surface area contributed by atoms with Gasteiger partial charge in [-0.2, -0.15) is 0 Å². The summed E-state index contributed by atoms with van der Waals surface area (Å²) in [5.74, 6) is -0.355. The number of hydrogen-bond donors (Lipinski definition) is 0. The summed E-state index contributed by atoms with van der Waals surface area (Å²) < 4.78 is 0. The van der Waals surface area contributed by atoms with Crippen LogP contribution in [0.25, 0.3) is 6.08 Å². The zero-order valence-corrected chi connectivity index (χ0v) is 12.0. The molecule has 0 bridgehead atoms. The lowest BCUT2D eigenvalue weighted by Crippen LogP contribution is -2.29. The molecule has 0 N–H and O–H groups in total. The summed E-state index contributed by atoms with van der Waals surface area (Å²) in [6.45, 7) is 5.86. The number of nitrogens with zero attached hydrogens (tertiary/aromatic N) is 1. The van der Waals surface area contributed by atoms with Crippen molar-refractivity contribution in [2.45, 2.75) is 6.92 Å². The average Bonchev–Trinajstić information content (AvgIpc) is 2.80. The molecule has 0 fully saturated rings. The Kier molecular flexibility index (Phi) is 4.67. The van der Waals surface area contributed by atoms with Crippen LogP contribution in [-0.4, -0.2) is 23.3 Å². The molecule has 1 aliphatic heterocycles. The van der Waals surface area contributed by atoms with Crippen LogP contribution in [0.15, 0.2) is 61.2 Å². The van der Waals surface area contributed by atoms with Crippen molar-refractivity contribution >= 4 is 17.9 Å². The van der Waals surface area contributed by atoms with Crippen molar-refractivity contribution in [2.24, 2.45) is 0 Å². The monoisotopic (exact) mass is 279 g/mol. The summed E-state index contributed by atoms with van der Waals surface area (Å²) in [5.41, 5.74) is 2.22. The van der Waals surface area contributed by atoms with Gasteiger partial charge < -0.3 is 0 Å². The first-order valence-corrected chi connectivity index (χ1v) is 6.81. The van der Waals surface area contributed by atoms with E-state index in [9.17, 15) is 9.59 Å². The van der Waals surface area contributed by atoms with Crippen LogP contribution in [0.1, 0.15) is 33.2 Å². The first-order valence-electron chi connectivity index (χ1n) is 6.81. The predicted octanol–water partition coefficient (Wildman–Crippen LogP) is 3.63. The Labute approximate surface area is 124 Å². The molecule has 0 aromatic heterocycles. The Bertz CT molecular complexity index is 627. The maximum atomic E-state index is 11.5. The highest BCUT2D eigenvalue weighted by molar-refractivity contribution is 6.21. The summed E-state index contributed by atoms with van der Waals surface area (Å²) in [6.07, 6.45) is 1.83. The largest absolute Gasteiger partial charge is 0.275 e. The van der Waals surface area contributed by atoms with E-state index >= 15 is 0 Å². The molecule has 0 saturated carbocycles. The van der Waals surface area contributed by atoms with Gasteiger partial charge in [-0.15, -0.1) is 0 Å². The molecule has 1 heterocycles. The number of imide groups is 1. The number of carbonyl (C=O) groups is 2. The molecular weight excluding hydrogens is 262 g/mol. The van der Waals surface area contributed by atoms with E-state index in [0.717, 1.165) is 0 Å². The van der Waals surface area contributed by atoms with Gasteiger partial charge in [-0.1, -0.05) is 55.1 Å². The van der Waals surface area contributed by atoms with Gasteiger partial charge in [0, 0.05) is 6.54 Å². The van der Waals surface area contributed by atoms with Gasteiger partial charge in [0.1, 0.15) is 0 Å². The highest BCUT2D eigenvalue weighted by Gasteiger charge is 2.33. The van der Waals surface area contributed by atoms with Gasteiger partial charge in [0.05, 0.1) is 11.1 Å². The van der Waals surface area contributed by atoms with Crippen LogP contribution < -0.4 is 0 Å². The van der Waals surface area contributed by atoms with E-state index in [0.29, 0.717) is 17.7 Å². The molecule has 21 heavy (non-hydrogen) atoms. The number of rotatable bonds is 2. The smallest absolute Gasteiger partial charge is 0.261 e. The summed E-state index contributed by atoms with van der Waals surface area (Å²) >= 11 is 0. The fourth-order valence-electron chi connectivity index (χ4n) is 2.12. The molecule has 0 spiro atoms. The van der Waals surface area contributed by atoms with Crippen LogP contribution in [0.5, 0.6) is 0 Å². The number of carbonyl (C=O) groups excluding carboxylic acids is 2. The molecular formula is C18H17NO2. The van der Waals surface area contributed by atoms with Crippen LogP contribution >= 0.6 is 0 Å². The standard InChI is InChI=1S/C10H9NO2.C8H8/c1-2-11-9(12)7-5-3-4-6-8(7)10(11)13;1-2-8-6-4-3-5-7-8/h3-6H,2H2,1H3;2-7H,1H2. The molecule has 1 aliphatic rings. The second-order valence-corrected chi connectivity index (χ2v) is 4.51. The second kappa shape index (κ2) is 6.66.